The van der Waals surface area contributed by atoms with Crippen LogP contribution in [-0.4, -0.2) is 39.3 Å². The van der Waals surface area contributed by atoms with E-state index in [4.69, 9.17) is 4.52 Å². The Morgan fingerprint density at radius 2 is 2.07 bits per heavy atom. The second-order valence-electron chi connectivity index (χ2n) is 7.59. The highest BCUT2D eigenvalue weighted by atomic mass is 32.2. The summed E-state index contributed by atoms with van der Waals surface area (Å²) in [6.45, 7) is 2.65. The highest BCUT2D eigenvalue weighted by Crippen LogP contribution is 2.40. The van der Waals surface area contributed by atoms with Crippen LogP contribution < -0.4 is 0 Å². The maximum Gasteiger partial charge on any atom is 0.186 e. The lowest BCUT2D eigenvalue weighted by Crippen LogP contribution is -2.43. The van der Waals surface area contributed by atoms with E-state index < -0.39 is 6.04 Å². The number of thioether (sulfide) groups is 1. The van der Waals surface area contributed by atoms with Gasteiger partial charge in [-0.3, -0.25) is 14.5 Å². The molecule has 1 aliphatic carbocycles. The fraction of sp³-hybridized carbons (Fsp3) is 0.409. The number of benzene rings is 1. The second kappa shape index (κ2) is 8.63. The van der Waals surface area contributed by atoms with E-state index in [1.165, 1.54) is 17.8 Å². The summed E-state index contributed by atoms with van der Waals surface area (Å²) in [7, 11) is 0. The first-order valence-electron chi connectivity index (χ1n) is 9.83. The summed E-state index contributed by atoms with van der Waals surface area (Å²) in [5, 5.41) is 3.79. The number of carbonyl (C=O) groups is 2. The summed E-state index contributed by atoms with van der Waals surface area (Å²) < 4.78 is 19.8. The zero-order chi connectivity index (χ0) is 20.4. The van der Waals surface area contributed by atoms with Gasteiger partial charge in [-0.25, -0.2) is 4.39 Å². The molecule has 0 radical (unpaired) electrons. The fourth-order valence-corrected chi connectivity index (χ4v) is 4.80. The Bertz CT molecular complexity index is 924. The van der Waals surface area contributed by atoms with Gasteiger partial charge in [-0.1, -0.05) is 35.1 Å². The Morgan fingerprint density at radius 1 is 1.28 bits per heavy atom. The number of Topliss-reactive ketones (excluding diaryl/α,β-unsaturated/α-hetero) is 1. The predicted octanol–water partition coefficient (Wildman–Crippen LogP) is 4.27. The molecule has 2 atom stereocenters. The highest BCUT2D eigenvalue weighted by Gasteiger charge is 2.41. The van der Waals surface area contributed by atoms with Gasteiger partial charge in [0.25, 0.3) is 0 Å². The molecule has 0 N–H and O–H groups in total. The zero-order valence-corrected chi connectivity index (χ0v) is 17.0. The van der Waals surface area contributed by atoms with Crippen molar-refractivity contribution in [2.75, 3.05) is 13.1 Å². The van der Waals surface area contributed by atoms with Crippen LogP contribution in [0.5, 0.6) is 0 Å². The minimum Gasteiger partial charge on any atom is -0.357 e. The van der Waals surface area contributed by atoms with E-state index in [0.717, 1.165) is 18.4 Å². The molecule has 1 aliphatic heterocycles. The first-order valence-corrected chi connectivity index (χ1v) is 10.7. The summed E-state index contributed by atoms with van der Waals surface area (Å²) >= 11 is 1.29. The summed E-state index contributed by atoms with van der Waals surface area (Å²) in [4.78, 5) is 26.9. The third-order valence-corrected chi connectivity index (χ3v) is 6.54. The van der Waals surface area contributed by atoms with Crippen molar-refractivity contribution in [2.24, 2.45) is 5.92 Å². The summed E-state index contributed by atoms with van der Waals surface area (Å²) in [6, 6.07) is 7.68. The van der Waals surface area contributed by atoms with Crippen LogP contribution in [0.15, 0.2) is 46.6 Å². The number of carbonyl (C=O) groups excluding carboxylic acids is 2. The topological polar surface area (TPSA) is 63.4 Å². The molecule has 7 heteroatoms. The molecular formula is C22H23FN2O3S. The number of rotatable bonds is 6. The lowest BCUT2D eigenvalue weighted by molar-refractivity contribution is -0.126. The van der Waals surface area contributed by atoms with Crippen molar-refractivity contribution in [1.29, 1.82) is 0 Å². The van der Waals surface area contributed by atoms with E-state index in [0.29, 0.717) is 30.8 Å². The number of piperidine rings is 1. The van der Waals surface area contributed by atoms with Crippen molar-refractivity contribution >= 4 is 28.7 Å². The first-order chi connectivity index (χ1) is 14.0. The fourth-order valence-electron chi connectivity index (χ4n) is 3.88. The van der Waals surface area contributed by atoms with Gasteiger partial charge in [-0.05, 0) is 37.0 Å². The number of aromatic nitrogens is 1. The van der Waals surface area contributed by atoms with E-state index in [1.807, 2.05) is 11.0 Å². The number of hydrogen-bond acceptors (Lipinski definition) is 6. The third-order valence-electron chi connectivity index (χ3n) is 5.39. The molecule has 2 fully saturated rings. The molecule has 2 unspecified atom stereocenters. The number of nitrogens with zero attached hydrogens (tertiary/aromatic N) is 2. The van der Waals surface area contributed by atoms with Crippen LogP contribution in [0.25, 0.3) is 6.08 Å². The number of likely N-dealkylation sites (tertiary alicyclic amines) is 1. The Labute approximate surface area is 173 Å². The quantitative estimate of drug-likeness (QED) is 0.703. The van der Waals surface area contributed by atoms with Crippen LogP contribution in [0.4, 0.5) is 4.39 Å². The molecule has 5 nitrogen and oxygen atoms in total. The van der Waals surface area contributed by atoms with Crippen molar-refractivity contribution in [2.45, 2.75) is 37.5 Å². The minimum absolute atomic E-state index is 0.00569. The molecule has 152 valence electrons. The maximum absolute atomic E-state index is 14.6. The number of hydrogen-bond donors (Lipinski definition) is 0. The third kappa shape index (κ3) is 4.67. The molecule has 29 heavy (non-hydrogen) atoms. The lowest BCUT2D eigenvalue weighted by Gasteiger charge is -2.38. The van der Waals surface area contributed by atoms with E-state index in [9.17, 15) is 14.0 Å². The van der Waals surface area contributed by atoms with E-state index in [-0.39, 0.29) is 27.9 Å². The monoisotopic (exact) mass is 414 g/mol. The van der Waals surface area contributed by atoms with Gasteiger partial charge in [-0.2, -0.15) is 0 Å². The predicted molar refractivity (Wildman–Crippen MR) is 110 cm³/mol. The van der Waals surface area contributed by atoms with Gasteiger partial charge >= 0.3 is 0 Å². The van der Waals surface area contributed by atoms with E-state index in [1.54, 1.807) is 37.4 Å². The Kier molecular flexibility index (Phi) is 5.96. The summed E-state index contributed by atoms with van der Waals surface area (Å²) in [5.74, 6) is 0.358. The molecule has 1 aromatic carbocycles. The molecule has 1 saturated heterocycles. The average molecular weight is 415 g/mol. The van der Waals surface area contributed by atoms with Gasteiger partial charge in [0.1, 0.15) is 5.82 Å². The molecular weight excluding hydrogens is 391 g/mol. The molecule has 4 rings (SSSR count). The molecule has 1 aromatic heterocycles. The summed E-state index contributed by atoms with van der Waals surface area (Å²) in [5.41, 5.74) is 1.42. The highest BCUT2D eigenvalue weighted by molar-refractivity contribution is 8.14. The molecule has 0 amide bonds. The Balaban J connectivity index is 1.66. The Hall–Kier alpha value is -2.25. The first kappa shape index (κ1) is 20.0. The van der Waals surface area contributed by atoms with Gasteiger partial charge in [-0.15, -0.1) is 0 Å². The lowest BCUT2D eigenvalue weighted by atomic mass is 9.93. The number of halogens is 1. The molecule has 1 saturated carbocycles. The molecule has 0 bridgehead atoms. The van der Waals surface area contributed by atoms with Crippen LogP contribution in [0.2, 0.25) is 0 Å². The summed E-state index contributed by atoms with van der Waals surface area (Å²) in [6.07, 6.45) is 5.91. The van der Waals surface area contributed by atoms with E-state index >= 15 is 0 Å². The molecule has 2 aromatic rings. The van der Waals surface area contributed by atoms with Crippen LogP contribution in [-0.2, 0) is 9.59 Å². The largest absolute Gasteiger partial charge is 0.357 e. The van der Waals surface area contributed by atoms with Gasteiger partial charge < -0.3 is 4.52 Å². The molecule has 2 heterocycles. The van der Waals surface area contributed by atoms with Crippen molar-refractivity contribution < 1.29 is 18.5 Å². The maximum atomic E-state index is 14.6. The van der Waals surface area contributed by atoms with Gasteiger partial charge in [0, 0.05) is 42.8 Å². The van der Waals surface area contributed by atoms with Crippen molar-refractivity contribution in [3.05, 3.63) is 59.2 Å². The minimum atomic E-state index is -0.606. The SMILES string of the molecule is CC(=O)SC1CCN(C(C(=O)C2CC2)c2ccccc2F)C/C1=C/c1ccno1. The normalized spacial score (nSPS) is 22.6. The van der Waals surface area contributed by atoms with Crippen LogP contribution in [0, 0.1) is 11.7 Å². The molecule has 0 spiro atoms. The van der Waals surface area contributed by atoms with E-state index in [2.05, 4.69) is 5.16 Å². The zero-order valence-electron chi connectivity index (χ0n) is 16.2. The van der Waals surface area contributed by atoms with Crippen molar-refractivity contribution in [1.82, 2.24) is 10.1 Å². The van der Waals surface area contributed by atoms with Gasteiger partial charge in [0.05, 0.1) is 12.2 Å². The number of ketones is 1. The van der Waals surface area contributed by atoms with Crippen LogP contribution in [0.1, 0.15) is 43.6 Å². The second-order valence-corrected chi connectivity index (χ2v) is 8.97. The van der Waals surface area contributed by atoms with Crippen LogP contribution in [0.3, 0.4) is 0 Å². The van der Waals surface area contributed by atoms with Crippen LogP contribution >= 0.6 is 11.8 Å². The smallest absolute Gasteiger partial charge is 0.186 e. The van der Waals surface area contributed by atoms with Gasteiger partial charge in [0.2, 0.25) is 0 Å². The average Bonchev–Trinajstić information content (AvgIpc) is 3.42. The van der Waals surface area contributed by atoms with Crippen molar-refractivity contribution in [3.8, 4) is 0 Å². The Morgan fingerprint density at radius 3 is 2.72 bits per heavy atom. The molecule has 2 aliphatic rings. The van der Waals surface area contributed by atoms with Crippen molar-refractivity contribution in [3.63, 3.8) is 0 Å². The van der Waals surface area contributed by atoms with Gasteiger partial charge in [0.15, 0.2) is 16.7 Å². The standard InChI is InChI=1S/C22H23FN2O3S/c1-14(26)29-20-9-11-25(13-16(20)12-17-8-10-24-28-17)21(22(27)15-6-7-15)18-4-2-3-5-19(18)23/h2-5,8,10,12,15,20-21H,6-7,9,11,13H2,1H3/b16-12-.